The smallest absolute Gasteiger partial charge is 0.275 e. The number of halogens is 2. The number of nitrogens with zero attached hydrogens (tertiary/aromatic N) is 1. The van der Waals surface area contributed by atoms with Crippen molar-refractivity contribution in [2.75, 3.05) is 0 Å². The van der Waals surface area contributed by atoms with E-state index in [1.165, 1.54) is 12.1 Å². The van der Waals surface area contributed by atoms with Crippen LogP contribution in [-0.2, 0) is 0 Å². The van der Waals surface area contributed by atoms with Crippen LogP contribution in [0.25, 0.3) is 0 Å². The lowest BCUT2D eigenvalue weighted by atomic mass is 10.2. The number of benzene rings is 2. The molecular weight excluding hydrogens is 299 g/mol. The second-order valence-electron chi connectivity index (χ2n) is 4.04. The van der Waals surface area contributed by atoms with Crippen LogP contribution in [0.2, 0.25) is 5.02 Å². The van der Waals surface area contributed by atoms with Crippen molar-refractivity contribution in [3.63, 3.8) is 0 Å². The van der Waals surface area contributed by atoms with Gasteiger partial charge < -0.3 is 10.2 Å². The summed E-state index contributed by atoms with van der Waals surface area (Å²) < 4.78 is 13.1. The van der Waals surface area contributed by atoms with E-state index in [1.807, 2.05) is 0 Å². The molecule has 0 saturated carbocycles. The molecule has 7 heteroatoms. The molecule has 2 rings (SSSR count). The molecule has 0 aliphatic rings. The lowest BCUT2D eigenvalue weighted by molar-refractivity contribution is 0.0952. The topological polar surface area (TPSA) is 81.9 Å². The predicted octanol–water partition coefficient (Wildman–Crippen LogP) is 2.65. The number of nitrogens with one attached hydrogen (secondary N) is 1. The molecule has 0 aliphatic carbocycles. The van der Waals surface area contributed by atoms with E-state index in [0.29, 0.717) is 0 Å². The van der Waals surface area contributed by atoms with E-state index < -0.39 is 11.7 Å². The summed E-state index contributed by atoms with van der Waals surface area (Å²) in [5.74, 6) is -1.84. The number of amides is 1. The van der Waals surface area contributed by atoms with E-state index in [0.717, 1.165) is 18.3 Å². The van der Waals surface area contributed by atoms with Gasteiger partial charge in [0.1, 0.15) is 17.3 Å². The van der Waals surface area contributed by atoms with Crippen LogP contribution in [0.3, 0.4) is 0 Å². The number of aromatic hydroxyl groups is 2. The number of carbonyl (C=O) groups excluding carboxylic acids is 1. The highest BCUT2D eigenvalue weighted by atomic mass is 35.5. The van der Waals surface area contributed by atoms with Crippen molar-refractivity contribution in [1.82, 2.24) is 5.43 Å². The highest BCUT2D eigenvalue weighted by molar-refractivity contribution is 6.32. The van der Waals surface area contributed by atoms with Gasteiger partial charge in [-0.15, -0.1) is 0 Å². The fourth-order valence-electron chi connectivity index (χ4n) is 1.57. The van der Waals surface area contributed by atoms with Gasteiger partial charge in [-0.1, -0.05) is 23.7 Å². The molecule has 21 heavy (non-hydrogen) atoms. The fourth-order valence-corrected chi connectivity index (χ4v) is 1.78. The van der Waals surface area contributed by atoms with Crippen LogP contribution in [0.5, 0.6) is 11.5 Å². The number of hydrazone groups is 1. The number of rotatable bonds is 3. The Kier molecular flexibility index (Phi) is 4.39. The lowest BCUT2D eigenvalue weighted by Gasteiger charge is -2.03. The van der Waals surface area contributed by atoms with Crippen molar-refractivity contribution in [2.24, 2.45) is 5.10 Å². The van der Waals surface area contributed by atoms with Crippen molar-refractivity contribution in [3.05, 3.63) is 58.4 Å². The second-order valence-corrected chi connectivity index (χ2v) is 4.45. The number of phenolic OH excluding ortho intramolecular Hbond substituents is 2. The van der Waals surface area contributed by atoms with Crippen molar-refractivity contribution in [3.8, 4) is 11.5 Å². The van der Waals surface area contributed by atoms with Gasteiger partial charge >= 0.3 is 0 Å². The Morgan fingerprint density at radius 1 is 1.29 bits per heavy atom. The molecule has 0 aromatic heterocycles. The highest BCUT2D eigenvalue weighted by Crippen LogP contribution is 2.27. The molecule has 0 unspecified atom stereocenters. The Morgan fingerprint density at radius 2 is 2.00 bits per heavy atom. The van der Waals surface area contributed by atoms with Crippen molar-refractivity contribution >= 4 is 23.7 Å². The van der Waals surface area contributed by atoms with Crippen LogP contribution in [0, 0.1) is 5.82 Å². The summed E-state index contributed by atoms with van der Waals surface area (Å²) in [6.07, 6.45) is 1.04. The highest BCUT2D eigenvalue weighted by Gasteiger charge is 2.09. The minimum Gasteiger partial charge on any atom is -0.507 e. The summed E-state index contributed by atoms with van der Waals surface area (Å²) in [4.78, 5) is 11.7. The van der Waals surface area contributed by atoms with E-state index in [4.69, 9.17) is 11.6 Å². The quantitative estimate of drug-likeness (QED) is 0.602. The van der Waals surface area contributed by atoms with E-state index in [-0.39, 0.29) is 27.6 Å². The van der Waals surface area contributed by atoms with E-state index in [9.17, 15) is 19.4 Å². The normalized spacial score (nSPS) is 10.8. The molecule has 0 fully saturated rings. The first-order valence-corrected chi connectivity index (χ1v) is 6.16. The fraction of sp³-hybridized carbons (Fsp3) is 0. The minimum atomic E-state index is -0.647. The summed E-state index contributed by atoms with van der Waals surface area (Å²) >= 11 is 5.61. The molecular formula is C14H10ClFN2O3. The second kappa shape index (κ2) is 6.23. The van der Waals surface area contributed by atoms with Gasteiger partial charge in [-0.2, -0.15) is 5.10 Å². The van der Waals surface area contributed by atoms with Gasteiger partial charge in [-0.05, 0) is 24.3 Å². The predicted molar refractivity (Wildman–Crippen MR) is 76.2 cm³/mol. The van der Waals surface area contributed by atoms with Gasteiger partial charge in [0, 0.05) is 5.56 Å². The number of hydrogen-bond donors (Lipinski definition) is 3. The van der Waals surface area contributed by atoms with E-state index >= 15 is 0 Å². The zero-order valence-electron chi connectivity index (χ0n) is 10.5. The first-order valence-electron chi connectivity index (χ1n) is 5.78. The molecule has 0 spiro atoms. The Labute approximate surface area is 124 Å². The molecule has 0 atom stereocenters. The van der Waals surface area contributed by atoms with Crippen LogP contribution in [0.15, 0.2) is 41.5 Å². The molecule has 108 valence electrons. The third-order valence-electron chi connectivity index (χ3n) is 2.58. The first kappa shape index (κ1) is 14.8. The minimum absolute atomic E-state index is 0.0117. The zero-order valence-corrected chi connectivity index (χ0v) is 11.3. The van der Waals surface area contributed by atoms with Gasteiger partial charge in [0.2, 0.25) is 0 Å². The van der Waals surface area contributed by atoms with Gasteiger partial charge in [0.25, 0.3) is 5.91 Å². The number of hydrogen-bond acceptors (Lipinski definition) is 4. The van der Waals surface area contributed by atoms with E-state index in [2.05, 4.69) is 10.5 Å². The number of phenols is 2. The van der Waals surface area contributed by atoms with Crippen LogP contribution in [-0.4, -0.2) is 22.3 Å². The molecule has 0 bridgehead atoms. The van der Waals surface area contributed by atoms with Crippen LogP contribution in [0.4, 0.5) is 4.39 Å². The summed E-state index contributed by atoms with van der Waals surface area (Å²) in [5.41, 5.74) is 2.20. The Morgan fingerprint density at radius 3 is 2.71 bits per heavy atom. The van der Waals surface area contributed by atoms with Gasteiger partial charge in [-0.3, -0.25) is 4.79 Å². The molecule has 0 saturated heterocycles. The third kappa shape index (κ3) is 3.49. The molecule has 5 nitrogen and oxygen atoms in total. The first-order chi connectivity index (χ1) is 9.99. The Balaban J connectivity index is 2.13. The van der Waals surface area contributed by atoms with E-state index in [1.54, 1.807) is 12.1 Å². The maximum Gasteiger partial charge on any atom is 0.275 e. The molecule has 0 radical (unpaired) electrons. The van der Waals surface area contributed by atoms with Gasteiger partial charge in [0.05, 0.1) is 16.8 Å². The molecule has 0 aliphatic heterocycles. The van der Waals surface area contributed by atoms with Crippen LogP contribution in [0.1, 0.15) is 15.9 Å². The SMILES string of the molecule is O=C(N/N=C/c1cc(F)cc(Cl)c1O)c1ccccc1O. The summed E-state index contributed by atoms with van der Waals surface area (Å²) in [6, 6.07) is 7.89. The monoisotopic (exact) mass is 308 g/mol. The molecule has 2 aromatic carbocycles. The average Bonchev–Trinajstić information content (AvgIpc) is 2.44. The summed E-state index contributed by atoms with van der Waals surface area (Å²) in [6.45, 7) is 0. The van der Waals surface area contributed by atoms with Gasteiger partial charge in [0.15, 0.2) is 0 Å². The zero-order chi connectivity index (χ0) is 15.4. The summed E-state index contributed by atoms with van der Waals surface area (Å²) in [5, 5.41) is 22.5. The number of carbonyl (C=O) groups is 1. The number of para-hydroxylation sites is 1. The van der Waals surface area contributed by atoms with Gasteiger partial charge in [-0.25, -0.2) is 9.82 Å². The molecule has 1 amide bonds. The molecule has 0 heterocycles. The average molecular weight is 309 g/mol. The molecule has 3 N–H and O–H groups in total. The van der Waals surface area contributed by atoms with Crippen LogP contribution < -0.4 is 5.43 Å². The maximum absolute atomic E-state index is 13.1. The molecule has 2 aromatic rings. The van der Waals surface area contributed by atoms with Crippen molar-refractivity contribution < 1.29 is 19.4 Å². The van der Waals surface area contributed by atoms with Crippen molar-refractivity contribution in [1.29, 1.82) is 0 Å². The largest absolute Gasteiger partial charge is 0.507 e. The lowest BCUT2D eigenvalue weighted by Crippen LogP contribution is -2.17. The standard InChI is InChI=1S/C14H10ClFN2O3/c15-11-6-9(16)5-8(13(11)20)7-17-18-14(21)10-3-1-2-4-12(10)19/h1-7,19-20H,(H,18,21)/b17-7+. The maximum atomic E-state index is 13.1. The Bertz CT molecular complexity index is 719. The van der Waals surface area contributed by atoms with Crippen molar-refractivity contribution in [2.45, 2.75) is 0 Å². The summed E-state index contributed by atoms with van der Waals surface area (Å²) in [7, 11) is 0. The Hall–Kier alpha value is -2.60. The third-order valence-corrected chi connectivity index (χ3v) is 2.86. The van der Waals surface area contributed by atoms with Crippen LogP contribution >= 0.6 is 11.6 Å².